The third-order valence-corrected chi connectivity index (χ3v) is 6.68. The third kappa shape index (κ3) is 5.99. The number of carbonyl (C=O) groups is 3. The van der Waals surface area contributed by atoms with Crippen LogP contribution in [0.1, 0.15) is 64.5 Å². The maximum Gasteiger partial charge on any atom is 0.410 e. The summed E-state index contributed by atoms with van der Waals surface area (Å²) in [6.07, 6.45) is 2.00. The van der Waals surface area contributed by atoms with E-state index in [2.05, 4.69) is 0 Å². The quantitative estimate of drug-likeness (QED) is 0.612. The summed E-state index contributed by atoms with van der Waals surface area (Å²) >= 11 is 0. The molecule has 1 aromatic carbocycles. The summed E-state index contributed by atoms with van der Waals surface area (Å²) in [5.41, 5.74) is 0.997. The highest BCUT2D eigenvalue weighted by molar-refractivity contribution is 5.95. The maximum atomic E-state index is 14.1. The van der Waals surface area contributed by atoms with Gasteiger partial charge < -0.3 is 24.2 Å². The zero-order valence-electron chi connectivity index (χ0n) is 21.9. The highest BCUT2D eigenvalue weighted by atomic mass is 16.6. The molecule has 1 aliphatic heterocycles. The first kappa shape index (κ1) is 26.0. The van der Waals surface area contributed by atoms with Crippen molar-refractivity contribution in [3.8, 4) is 0 Å². The van der Waals surface area contributed by atoms with Crippen molar-refractivity contribution < 1.29 is 24.2 Å². The molecule has 2 heterocycles. The second-order valence-electron chi connectivity index (χ2n) is 11.6. The lowest BCUT2D eigenvalue weighted by atomic mass is 9.92. The number of carboxylic acids is 1. The Morgan fingerprint density at radius 2 is 1.86 bits per heavy atom. The predicted molar refractivity (Wildman–Crippen MR) is 136 cm³/mol. The zero-order chi connectivity index (χ0) is 26.2. The Hall–Kier alpha value is -3.10. The van der Waals surface area contributed by atoms with Gasteiger partial charge in [0.25, 0.3) is 5.91 Å². The molecule has 1 aliphatic carbocycles. The summed E-state index contributed by atoms with van der Waals surface area (Å²) in [5, 5.41) is 9.85. The standard InChI is InChI=1S/C27H38N4O5/c1-17(2)13-30(20-12-19(25(33)34)15-29(16-20)26(35)36-27(3,4)5)24(32)23-28-21-8-6-7-9-22(21)31(23)14-18-10-11-18/h6-9,17-20H,10-16H2,1-5H3,(H,33,34)/t19-,20+/m1/s1. The van der Waals surface area contributed by atoms with Crippen molar-refractivity contribution in [1.82, 2.24) is 19.4 Å². The Balaban J connectivity index is 1.68. The van der Waals surface area contributed by atoms with Gasteiger partial charge >= 0.3 is 12.1 Å². The molecule has 2 aromatic rings. The molecular weight excluding hydrogens is 460 g/mol. The number of benzene rings is 1. The van der Waals surface area contributed by atoms with Gasteiger partial charge in [-0.3, -0.25) is 9.59 Å². The molecule has 1 N–H and O–H groups in total. The third-order valence-electron chi connectivity index (χ3n) is 6.68. The number of imidazole rings is 1. The number of rotatable bonds is 7. The van der Waals surface area contributed by atoms with Crippen LogP contribution >= 0.6 is 0 Å². The Morgan fingerprint density at radius 1 is 1.17 bits per heavy atom. The van der Waals surface area contributed by atoms with E-state index in [0.717, 1.165) is 30.4 Å². The smallest absolute Gasteiger partial charge is 0.410 e. The van der Waals surface area contributed by atoms with Crippen molar-refractivity contribution in [2.75, 3.05) is 19.6 Å². The van der Waals surface area contributed by atoms with Crippen molar-refractivity contribution in [3.63, 3.8) is 0 Å². The minimum atomic E-state index is -0.980. The molecule has 2 amide bonds. The molecule has 0 radical (unpaired) electrons. The van der Waals surface area contributed by atoms with Crippen molar-refractivity contribution >= 4 is 29.0 Å². The molecule has 9 heteroatoms. The van der Waals surface area contributed by atoms with E-state index < -0.39 is 29.6 Å². The van der Waals surface area contributed by atoms with Crippen molar-refractivity contribution in [2.45, 2.75) is 72.1 Å². The van der Waals surface area contributed by atoms with Crippen molar-refractivity contribution in [2.24, 2.45) is 17.8 Å². The van der Waals surface area contributed by atoms with Gasteiger partial charge in [-0.25, -0.2) is 9.78 Å². The monoisotopic (exact) mass is 498 g/mol. The van der Waals surface area contributed by atoms with Crippen LogP contribution in [0.4, 0.5) is 4.79 Å². The minimum Gasteiger partial charge on any atom is -0.481 e. The zero-order valence-corrected chi connectivity index (χ0v) is 21.9. The van der Waals surface area contributed by atoms with Crippen LogP contribution in [0.25, 0.3) is 11.0 Å². The number of hydrogen-bond acceptors (Lipinski definition) is 5. The van der Waals surface area contributed by atoms with Gasteiger partial charge in [0, 0.05) is 26.2 Å². The lowest BCUT2D eigenvalue weighted by Gasteiger charge is -2.42. The Bertz CT molecular complexity index is 1130. The number of aromatic nitrogens is 2. The first-order valence-corrected chi connectivity index (χ1v) is 12.9. The molecule has 0 bridgehead atoms. The second kappa shape index (κ2) is 10.1. The first-order valence-electron chi connectivity index (χ1n) is 12.9. The number of nitrogens with zero attached hydrogens (tertiary/aromatic N) is 4. The van der Waals surface area contributed by atoms with E-state index >= 15 is 0 Å². The van der Waals surface area contributed by atoms with Gasteiger partial charge in [-0.05, 0) is 64.0 Å². The van der Waals surface area contributed by atoms with Crippen LogP contribution in [0.3, 0.4) is 0 Å². The van der Waals surface area contributed by atoms with E-state index in [-0.39, 0.29) is 31.3 Å². The fourth-order valence-electron chi connectivity index (χ4n) is 4.85. The lowest BCUT2D eigenvalue weighted by molar-refractivity contribution is -0.144. The number of ether oxygens (including phenoxy) is 1. The Kier molecular flexibility index (Phi) is 7.29. The normalized spacial score (nSPS) is 20.6. The maximum absolute atomic E-state index is 14.1. The largest absolute Gasteiger partial charge is 0.481 e. The molecule has 4 rings (SSSR count). The van der Waals surface area contributed by atoms with Gasteiger partial charge in [0.1, 0.15) is 5.60 Å². The molecule has 1 saturated carbocycles. The number of piperidine rings is 1. The van der Waals surface area contributed by atoms with E-state index in [1.165, 1.54) is 4.90 Å². The van der Waals surface area contributed by atoms with Crippen LogP contribution < -0.4 is 0 Å². The molecule has 0 unspecified atom stereocenters. The number of likely N-dealkylation sites (tertiary alicyclic amines) is 1. The van der Waals surface area contributed by atoms with Gasteiger partial charge in [0.15, 0.2) is 5.82 Å². The van der Waals surface area contributed by atoms with Crippen LogP contribution in [0.2, 0.25) is 0 Å². The molecule has 2 atom stereocenters. The molecule has 0 spiro atoms. The number of carbonyl (C=O) groups excluding carboxylic acids is 2. The number of fused-ring (bicyclic) bond motifs is 1. The van der Waals surface area contributed by atoms with E-state index in [4.69, 9.17) is 9.72 Å². The topological polar surface area (TPSA) is 105 Å². The summed E-state index contributed by atoms with van der Waals surface area (Å²) in [6.45, 7) is 10.8. The molecular formula is C27H38N4O5. The average Bonchev–Trinajstić information content (AvgIpc) is 3.55. The lowest BCUT2D eigenvalue weighted by Crippen LogP contribution is -2.57. The van der Waals surface area contributed by atoms with E-state index in [0.29, 0.717) is 18.3 Å². The van der Waals surface area contributed by atoms with Gasteiger partial charge in [-0.2, -0.15) is 0 Å². The predicted octanol–water partition coefficient (Wildman–Crippen LogP) is 4.25. The van der Waals surface area contributed by atoms with Crippen LogP contribution in [-0.2, 0) is 16.1 Å². The summed E-state index contributed by atoms with van der Waals surface area (Å²) in [7, 11) is 0. The molecule has 1 aromatic heterocycles. The molecule has 9 nitrogen and oxygen atoms in total. The summed E-state index contributed by atoms with van der Waals surface area (Å²) in [5.74, 6) is -0.919. The highest BCUT2D eigenvalue weighted by Gasteiger charge is 2.40. The second-order valence-corrected chi connectivity index (χ2v) is 11.6. The number of aliphatic carboxylic acids is 1. The van der Waals surface area contributed by atoms with Crippen molar-refractivity contribution in [3.05, 3.63) is 30.1 Å². The molecule has 36 heavy (non-hydrogen) atoms. The average molecular weight is 499 g/mol. The first-order chi connectivity index (χ1) is 16.9. The van der Waals surface area contributed by atoms with Gasteiger partial charge in [0.2, 0.25) is 0 Å². The van der Waals surface area contributed by atoms with Crippen LogP contribution in [0, 0.1) is 17.8 Å². The number of para-hydroxylation sites is 2. The fraction of sp³-hybridized carbons (Fsp3) is 0.630. The summed E-state index contributed by atoms with van der Waals surface area (Å²) < 4.78 is 7.56. The summed E-state index contributed by atoms with van der Waals surface area (Å²) in [6, 6.07) is 7.29. The number of amides is 2. The number of hydrogen-bond donors (Lipinski definition) is 1. The van der Waals surface area contributed by atoms with Crippen LogP contribution in [0.15, 0.2) is 24.3 Å². The SMILES string of the molecule is CC(C)CN(C(=O)c1nc2ccccc2n1CC1CC1)[C@H]1C[C@@H](C(=O)O)CN(C(=O)OC(C)(C)C)C1. The molecule has 2 aliphatic rings. The van der Waals surface area contributed by atoms with Crippen LogP contribution in [0.5, 0.6) is 0 Å². The Labute approximate surface area is 212 Å². The van der Waals surface area contributed by atoms with Crippen molar-refractivity contribution in [1.29, 1.82) is 0 Å². The van der Waals surface area contributed by atoms with E-state index in [9.17, 15) is 19.5 Å². The molecule has 1 saturated heterocycles. The highest BCUT2D eigenvalue weighted by Crippen LogP contribution is 2.33. The van der Waals surface area contributed by atoms with Gasteiger partial charge in [-0.15, -0.1) is 0 Å². The van der Waals surface area contributed by atoms with Gasteiger partial charge in [0.05, 0.1) is 23.0 Å². The molecule has 2 fully saturated rings. The summed E-state index contributed by atoms with van der Waals surface area (Å²) in [4.78, 5) is 47.0. The van der Waals surface area contributed by atoms with Gasteiger partial charge in [-0.1, -0.05) is 26.0 Å². The number of carboxylic acid groups (broad SMARTS) is 1. The Morgan fingerprint density at radius 3 is 2.47 bits per heavy atom. The van der Waals surface area contributed by atoms with Crippen LogP contribution in [-0.4, -0.2) is 73.7 Å². The molecule has 196 valence electrons. The van der Waals surface area contributed by atoms with E-state index in [1.54, 1.807) is 25.7 Å². The fourth-order valence-corrected chi connectivity index (χ4v) is 4.85. The minimum absolute atomic E-state index is 0.0602. The van der Waals surface area contributed by atoms with E-state index in [1.807, 2.05) is 42.7 Å².